The topological polar surface area (TPSA) is 81.4 Å². The Morgan fingerprint density at radius 3 is 2.64 bits per heavy atom. The first-order valence-corrected chi connectivity index (χ1v) is 7.78. The van der Waals surface area contributed by atoms with Gasteiger partial charge in [-0.1, -0.05) is 0 Å². The largest absolute Gasteiger partial charge is 0.466 e. The summed E-state index contributed by atoms with van der Waals surface area (Å²) in [4.78, 5) is 27.9. The normalized spacial score (nSPS) is 10.5. The van der Waals surface area contributed by atoms with Gasteiger partial charge in [0.25, 0.3) is 5.91 Å². The molecule has 0 saturated carbocycles. The molecule has 2 aromatic rings. The summed E-state index contributed by atoms with van der Waals surface area (Å²) < 4.78 is 10.3. The zero-order valence-corrected chi connectivity index (χ0v) is 13.8. The van der Waals surface area contributed by atoms with Crippen molar-refractivity contribution in [3.63, 3.8) is 0 Å². The van der Waals surface area contributed by atoms with Crippen LogP contribution in [0.3, 0.4) is 0 Å². The highest BCUT2D eigenvalue weighted by Gasteiger charge is 2.19. The molecule has 0 aliphatic heterocycles. The van der Waals surface area contributed by atoms with Crippen LogP contribution in [-0.2, 0) is 16.0 Å². The number of hydrogen-bond acceptors (Lipinski definition) is 6. The van der Waals surface area contributed by atoms with Gasteiger partial charge in [0, 0.05) is 10.9 Å². The number of ether oxygens (including phenoxy) is 1. The van der Waals surface area contributed by atoms with E-state index in [0.717, 1.165) is 11.3 Å². The Bertz CT molecular complexity index is 702. The number of nitrogens with zero attached hydrogens (tertiary/aromatic N) is 1. The van der Waals surface area contributed by atoms with E-state index in [1.165, 1.54) is 11.3 Å². The molecule has 22 heavy (non-hydrogen) atoms. The molecule has 2 heterocycles. The van der Waals surface area contributed by atoms with Crippen LogP contribution in [0.4, 0.5) is 5.13 Å². The third-order valence-corrected chi connectivity index (χ3v) is 4.00. The van der Waals surface area contributed by atoms with Crippen molar-refractivity contribution in [1.82, 2.24) is 4.98 Å². The smallest absolute Gasteiger partial charge is 0.311 e. The number of hydrogen-bond donors (Lipinski definition) is 1. The highest BCUT2D eigenvalue weighted by atomic mass is 32.1. The number of amides is 1. The van der Waals surface area contributed by atoms with Gasteiger partial charge in [-0.25, -0.2) is 4.98 Å². The second-order valence-electron chi connectivity index (χ2n) is 4.79. The van der Waals surface area contributed by atoms with E-state index in [1.54, 1.807) is 19.2 Å². The molecule has 2 rings (SSSR count). The summed E-state index contributed by atoms with van der Waals surface area (Å²) in [6, 6.07) is 0. The monoisotopic (exact) mass is 322 g/mol. The molecular formula is C15H18N2O4S. The van der Waals surface area contributed by atoms with Crippen LogP contribution in [0.25, 0.3) is 0 Å². The number of furan rings is 1. The van der Waals surface area contributed by atoms with Gasteiger partial charge in [0.1, 0.15) is 11.5 Å². The van der Waals surface area contributed by atoms with E-state index in [9.17, 15) is 9.59 Å². The Hall–Kier alpha value is -2.15. The lowest BCUT2D eigenvalue weighted by Crippen LogP contribution is -2.13. The van der Waals surface area contributed by atoms with E-state index in [-0.39, 0.29) is 18.3 Å². The minimum Gasteiger partial charge on any atom is -0.466 e. The molecule has 0 fully saturated rings. The van der Waals surface area contributed by atoms with Crippen molar-refractivity contribution in [3.05, 3.63) is 33.7 Å². The van der Waals surface area contributed by atoms with Crippen LogP contribution in [0, 0.1) is 20.8 Å². The number of aromatic nitrogens is 1. The van der Waals surface area contributed by atoms with Crippen LogP contribution in [0.2, 0.25) is 0 Å². The summed E-state index contributed by atoms with van der Waals surface area (Å²) in [7, 11) is 0. The van der Waals surface area contributed by atoms with Gasteiger partial charge < -0.3 is 9.15 Å². The number of aryl methyl sites for hydroxylation is 2. The first-order chi connectivity index (χ1) is 10.4. The van der Waals surface area contributed by atoms with Gasteiger partial charge in [-0.15, -0.1) is 11.3 Å². The molecule has 0 aliphatic rings. The van der Waals surface area contributed by atoms with Gasteiger partial charge in [0.2, 0.25) is 0 Å². The minimum absolute atomic E-state index is 0.100. The number of carbonyl (C=O) groups is 2. The lowest BCUT2D eigenvalue weighted by Gasteiger charge is -2.01. The maximum absolute atomic E-state index is 12.3. The Balaban J connectivity index is 2.06. The Labute approximate surface area is 132 Å². The summed E-state index contributed by atoms with van der Waals surface area (Å²) in [5.74, 6) is 0.715. The number of rotatable bonds is 5. The summed E-state index contributed by atoms with van der Waals surface area (Å²) >= 11 is 1.27. The fourth-order valence-electron chi connectivity index (χ4n) is 2.09. The number of nitrogens with one attached hydrogen (secondary N) is 1. The molecule has 0 aromatic carbocycles. The van der Waals surface area contributed by atoms with E-state index in [0.29, 0.717) is 28.8 Å². The zero-order valence-electron chi connectivity index (χ0n) is 13.0. The molecule has 0 bridgehead atoms. The minimum atomic E-state index is -0.331. The van der Waals surface area contributed by atoms with Gasteiger partial charge >= 0.3 is 5.97 Å². The Morgan fingerprint density at radius 2 is 2.05 bits per heavy atom. The molecule has 118 valence electrons. The third kappa shape index (κ3) is 3.54. The van der Waals surface area contributed by atoms with E-state index in [1.807, 2.05) is 13.8 Å². The molecule has 0 spiro atoms. The van der Waals surface area contributed by atoms with Crippen molar-refractivity contribution >= 4 is 28.3 Å². The fraction of sp³-hybridized carbons (Fsp3) is 0.400. The second-order valence-corrected chi connectivity index (χ2v) is 5.65. The summed E-state index contributed by atoms with van der Waals surface area (Å²) in [6.07, 6.45) is 0.100. The predicted octanol–water partition coefficient (Wildman–Crippen LogP) is 3.02. The van der Waals surface area contributed by atoms with E-state index >= 15 is 0 Å². The van der Waals surface area contributed by atoms with Crippen molar-refractivity contribution in [2.45, 2.75) is 34.1 Å². The van der Waals surface area contributed by atoms with Crippen LogP contribution < -0.4 is 5.32 Å². The molecule has 1 N–H and O–H groups in total. The van der Waals surface area contributed by atoms with Crippen LogP contribution >= 0.6 is 11.3 Å². The van der Waals surface area contributed by atoms with Gasteiger partial charge in [0.05, 0.1) is 24.3 Å². The number of esters is 1. The Morgan fingerprint density at radius 1 is 1.32 bits per heavy atom. The quantitative estimate of drug-likeness (QED) is 0.856. The highest BCUT2D eigenvalue weighted by molar-refractivity contribution is 7.14. The predicted molar refractivity (Wildman–Crippen MR) is 83.3 cm³/mol. The van der Waals surface area contributed by atoms with Crippen molar-refractivity contribution in [1.29, 1.82) is 0 Å². The molecule has 7 heteroatoms. The molecule has 0 aliphatic carbocycles. The van der Waals surface area contributed by atoms with Gasteiger partial charge in [0.15, 0.2) is 5.13 Å². The highest BCUT2D eigenvalue weighted by Crippen LogP contribution is 2.23. The van der Waals surface area contributed by atoms with Crippen LogP contribution in [0.5, 0.6) is 0 Å². The average molecular weight is 322 g/mol. The molecule has 0 unspecified atom stereocenters. The lowest BCUT2D eigenvalue weighted by molar-refractivity contribution is -0.142. The van der Waals surface area contributed by atoms with Gasteiger partial charge in [-0.05, 0) is 27.7 Å². The molecule has 1 amide bonds. The number of anilines is 1. The second kappa shape index (κ2) is 6.74. The SMILES string of the molecule is CCOC(=O)Cc1csc(NC(=O)c2c(C)oc(C)c2C)n1. The van der Waals surface area contributed by atoms with Crippen LogP contribution in [0.15, 0.2) is 9.80 Å². The number of thiazole rings is 1. The standard InChI is InChI=1S/C15H18N2O4S/c1-5-20-12(18)6-11-7-22-15(16-11)17-14(19)13-8(2)9(3)21-10(13)4/h7H,5-6H2,1-4H3,(H,16,17,19). The van der Waals surface area contributed by atoms with E-state index in [2.05, 4.69) is 10.3 Å². The zero-order chi connectivity index (χ0) is 16.3. The molecule has 2 aromatic heterocycles. The lowest BCUT2D eigenvalue weighted by atomic mass is 10.1. The first-order valence-electron chi connectivity index (χ1n) is 6.90. The van der Waals surface area contributed by atoms with Crippen LogP contribution in [-0.4, -0.2) is 23.5 Å². The van der Waals surface area contributed by atoms with Gasteiger partial charge in [-0.3, -0.25) is 14.9 Å². The summed E-state index contributed by atoms with van der Waals surface area (Å²) in [5.41, 5.74) is 1.92. The number of carbonyl (C=O) groups excluding carboxylic acids is 2. The van der Waals surface area contributed by atoms with Crippen molar-refractivity contribution in [2.24, 2.45) is 0 Å². The molecule has 0 atom stereocenters. The summed E-state index contributed by atoms with van der Waals surface area (Å²) in [6.45, 7) is 7.50. The molecular weight excluding hydrogens is 304 g/mol. The van der Waals surface area contributed by atoms with E-state index < -0.39 is 0 Å². The first kappa shape index (κ1) is 16.2. The fourth-order valence-corrected chi connectivity index (χ4v) is 2.80. The van der Waals surface area contributed by atoms with Crippen molar-refractivity contribution < 1.29 is 18.7 Å². The van der Waals surface area contributed by atoms with Gasteiger partial charge in [-0.2, -0.15) is 0 Å². The van der Waals surface area contributed by atoms with E-state index in [4.69, 9.17) is 9.15 Å². The van der Waals surface area contributed by atoms with Crippen molar-refractivity contribution in [3.8, 4) is 0 Å². The van der Waals surface area contributed by atoms with Crippen LogP contribution in [0.1, 0.15) is 40.1 Å². The average Bonchev–Trinajstić information content (AvgIpc) is 2.95. The molecule has 0 radical (unpaired) electrons. The molecule has 0 saturated heterocycles. The molecule has 6 nitrogen and oxygen atoms in total. The maximum Gasteiger partial charge on any atom is 0.311 e. The summed E-state index contributed by atoms with van der Waals surface area (Å²) in [5, 5.41) is 4.91. The maximum atomic E-state index is 12.3. The Kier molecular flexibility index (Phi) is 4.97. The van der Waals surface area contributed by atoms with Crippen molar-refractivity contribution in [2.75, 3.05) is 11.9 Å². The third-order valence-electron chi connectivity index (χ3n) is 3.19.